The van der Waals surface area contributed by atoms with Crippen molar-refractivity contribution >= 4 is 17.5 Å². The zero-order valence-electron chi connectivity index (χ0n) is 14.2. The van der Waals surface area contributed by atoms with Crippen LogP contribution in [0.15, 0.2) is 60.9 Å². The van der Waals surface area contributed by atoms with Crippen molar-refractivity contribution in [2.24, 2.45) is 0 Å². The number of pyridine rings is 1. The molecule has 1 atom stereocenters. The maximum Gasteiger partial charge on any atom is 0.268 e. The highest BCUT2D eigenvalue weighted by Crippen LogP contribution is 2.24. The van der Waals surface area contributed by atoms with Crippen LogP contribution in [0.2, 0.25) is 5.02 Å². The van der Waals surface area contributed by atoms with E-state index in [1.54, 1.807) is 6.20 Å². The van der Waals surface area contributed by atoms with Crippen molar-refractivity contribution in [1.82, 2.24) is 14.9 Å². The first-order valence-corrected chi connectivity index (χ1v) is 8.64. The van der Waals surface area contributed by atoms with E-state index < -0.39 is 0 Å². The summed E-state index contributed by atoms with van der Waals surface area (Å²) in [6, 6.07) is 15.0. The standard InChI is InChI=1S/C20H20ClN3O/c1-3-24-13-16(15-7-9-17(21)10-8-15)12-19(24)20(25)23-14(2)18-6-4-5-11-22-18/h4-14H,3H2,1-2H3,(H,23,25)/t14-/m0/s1. The molecular formula is C20H20ClN3O. The zero-order valence-corrected chi connectivity index (χ0v) is 15.0. The van der Waals surface area contributed by atoms with Gasteiger partial charge in [0, 0.05) is 29.5 Å². The minimum absolute atomic E-state index is 0.111. The third-order valence-corrected chi connectivity index (χ3v) is 4.38. The van der Waals surface area contributed by atoms with Crippen LogP contribution in [-0.2, 0) is 6.54 Å². The second-order valence-corrected chi connectivity index (χ2v) is 6.29. The van der Waals surface area contributed by atoms with E-state index in [9.17, 15) is 4.79 Å². The minimum Gasteiger partial charge on any atom is -0.343 e. The van der Waals surface area contributed by atoms with Gasteiger partial charge in [0.25, 0.3) is 5.91 Å². The quantitative estimate of drug-likeness (QED) is 0.721. The number of carbonyl (C=O) groups excluding carboxylic acids is 1. The predicted molar refractivity (Wildman–Crippen MR) is 101 cm³/mol. The highest BCUT2D eigenvalue weighted by atomic mass is 35.5. The first-order valence-electron chi connectivity index (χ1n) is 8.26. The minimum atomic E-state index is -0.159. The number of aryl methyl sites for hydroxylation is 1. The van der Waals surface area contributed by atoms with Gasteiger partial charge in [-0.3, -0.25) is 9.78 Å². The third-order valence-electron chi connectivity index (χ3n) is 4.13. The molecule has 1 amide bonds. The third kappa shape index (κ3) is 3.91. The Kier molecular flexibility index (Phi) is 5.19. The molecule has 3 rings (SSSR count). The maximum absolute atomic E-state index is 12.7. The molecule has 0 spiro atoms. The fourth-order valence-corrected chi connectivity index (χ4v) is 2.87. The van der Waals surface area contributed by atoms with E-state index in [-0.39, 0.29) is 11.9 Å². The molecule has 1 N–H and O–H groups in total. The molecule has 0 unspecified atom stereocenters. The number of nitrogens with zero attached hydrogens (tertiary/aromatic N) is 2. The van der Waals surface area contributed by atoms with Gasteiger partial charge in [0.1, 0.15) is 5.69 Å². The summed E-state index contributed by atoms with van der Waals surface area (Å²) in [5.41, 5.74) is 3.50. The number of hydrogen-bond acceptors (Lipinski definition) is 2. The topological polar surface area (TPSA) is 46.9 Å². The number of nitrogens with one attached hydrogen (secondary N) is 1. The lowest BCUT2D eigenvalue weighted by Crippen LogP contribution is -2.28. The van der Waals surface area contributed by atoms with Gasteiger partial charge in [0.05, 0.1) is 11.7 Å². The van der Waals surface area contributed by atoms with Crippen LogP contribution in [0.1, 0.15) is 36.1 Å². The average molecular weight is 354 g/mol. The molecule has 128 valence electrons. The lowest BCUT2D eigenvalue weighted by Gasteiger charge is -2.14. The van der Waals surface area contributed by atoms with Gasteiger partial charge in [0.2, 0.25) is 0 Å². The molecule has 5 heteroatoms. The largest absolute Gasteiger partial charge is 0.343 e. The number of halogens is 1. The van der Waals surface area contributed by atoms with Crippen LogP contribution in [0.25, 0.3) is 11.1 Å². The van der Waals surface area contributed by atoms with Gasteiger partial charge >= 0.3 is 0 Å². The molecule has 0 aliphatic rings. The van der Waals surface area contributed by atoms with E-state index in [1.807, 2.05) is 73.1 Å². The SMILES string of the molecule is CCn1cc(-c2ccc(Cl)cc2)cc1C(=O)N[C@@H](C)c1ccccn1. The van der Waals surface area contributed by atoms with Crippen LogP contribution in [0.5, 0.6) is 0 Å². The van der Waals surface area contributed by atoms with Crippen LogP contribution in [0.3, 0.4) is 0 Å². The number of rotatable bonds is 5. The number of benzene rings is 1. The van der Waals surface area contributed by atoms with E-state index in [0.29, 0.717) is 17.3 Å². The second kappa shape index (κ2) is 7.53. The summed E-state index contributed by atoms with van der Waals surface area (Å²) in [7, 11) is 0. The fourth-order valence-electron chi connectivity index (χ4n) is 2.74. The van der Waals surface area contributed by atoms with Crippen molar-refractivity contribution in [3.8, 4) is 11.1 Å². The van der Waals surface area contributed by atoms with Gasteiger partial charge in [0.15, 0.2) is 0 Å². The monoisotopic (exact) mass is 353 g/mol. The molecular weight excluding hydrogens is 334 g/mol. The first kappa shape index (κ1) is 17.2. The van der Waals surface area contributed by atoms with Crippen molar-refractivity contribution in [2.45, 2.75) is 26.4 Å². The Morgan fingerprint density at radius 2 is 1.96 bits per heavy atom. The highest BCUT2D eigenvalue weighted by molar-refractivity contribution is 6.30. The molecule has 0 fully saturated rings. The molecule has 2 aromatic heterocycles. The summed E-state index contributed by atoms with van der Waals surface area (Å²) in [6.45, 7) is 4.67. The molecule has 0 saturated carbocycles. The summed E-state index contributed by atoms with van der Waals surface area (Å²) in [4.78, 5) is 17.0. The second-order valence-electron chi connectivity index (χ2n) is 5.86. The van der Waals surface area contributed by atoms with Gasteiger partial charge in [-0.05, 0) is 49.7 Å². The van der Waals surface area contributed by atoms with Crippen LogP contribution in [0, 0.1) is 0 Å². The molecule has 2 heterocycles. The summed E-state index contributed by atoms with van der Waals surface area (Å²) in [6.07, 6.45) is 3.72. The smallest absolute Gasteiger partial charge is 0.268 e. The molecule has 0 saturated heterocycles. The number of hydrogen-bond donors (Lipinski definition) is 1. The highest BCUT2D eigenvalue weighted by Gasteiger charge is 2.17. The molecule has 0 aliphatic carbocycles. The Balaban J connectivity index is 1.83. The van der Waals surface area contributed by atoms with Gasteiger partial charge in [-0.2, -0.15) is 0 Å². The molecule has 4 nitrogen and oxygen atoms in total. The van der Waals surface area contributed by atoms with Gasteiger partial charge in [-0.15, -0.1) is 0 Å². The Morgan fingerprint density at radius 3 is 2.60 bits per heavy atom. The van der Waals surface area contributed by atoms with Crippen molar-refractivity contribution in [3.63, 3.8) is 0 Å². The maximum atomic E-state index is 12.7. The molecule has 0 bridgehead atoms. The molecule has 0 radical (unpaired) electrons. The van der Waals surface area contributed by atoms with Crippen molar-refractivity contribution in [1.29, 1.82) is 0 Å². The van der Waals surface area contributed by atoms with Gasteiger partial charge in [-0.25, -0.2) is 0 Å². The number of amides is 1. The summed E-state index contributed by atoms with van der Waals surface area (Å²) >= 11 is 5.95. The Bertz CT molecular complexity index is 856. The van der Waals surface area contributed by atoms with Crippen molar-refractivity contribution in [2.75, 3.05) is 0 Å². The first-order chi connectivity index (χ1) is 12.1. The number of carbonyl (C=O) groups is 1. The van der Waals surface area contributed by atoms with Gasteiger partial charge in [-0.1, -0.05) is 29.8 Å². The average Bonchev–Trinajstić information content (AvgIpc) is 3.07. The lowest BCUT2D eigenvalue weighted by molar-refractivity contribution is 0.0930. The molecule has 3 aromatic rings. The van der Waals surface area contributed by atoms with E-state index in [0.717, 1.165) is 16.8 Å². The van der Waals surface area contributed by atoms with E-state index in [1.165, 1.54) is 0 Å². The van der Waals surface area contributed by atoms with Crippen LogP contribution in [-0.4, -0.2) is 15.5 Å². The Hall–Kier alpha value is -2.59. The predicted octanol–water partition coefficient (Wildman–Crippen LogP) is 4.71. The fraction of sp³-hybridized carbons (Fsp3) is 0.200. The zero-order chi connectivity index (χ0) is 17.8. The molecule has 0 aliphatic heterocycles. The van der Waals surface area contributed by atoms with E-state index in [4.69, 9.17) is 11.6 Å². The summed E-state index contributed by atoms with van der Waals surface area (Å²) in [5.74, 6) is -0.111. The lowest BCUT2D eigenvalue weighted by atomic mass is 10.1. The van der Waals surface area contributed by atoms with E-state index >= 15 is 0 Å². The number of aromatic nitrogens is 2. The van der Waals surface area contributed by atoms with E-state index in [2.05, 4.69) is 10.3 Å². The normalized spacial score (nSPS) is 12.0. The van der Waals surface area contributed by atoms with Crippen LogP contribution < -0.4 is 5.32 Å². The summed E-state index contributed by atoms with van der Waals surface area (Å²) in [5, 5.41) is 3.71. The summed E-state index contributed by atoms with van der Waals surface area (Å²) < 4.78 is 1.95. The van der Waals surface area contributed by atoms with Crippen molar-refractivity contribution in [3.05, 3.63) is 77.3 Å². The molecule has 25 heavy (non-hydrogen) atoms. The van der Waals surface area contributed by atoms with Crippen molar-refractivity contribution < 1.29 is 4.79 Å². The Labute approximate surface area is 152 Å². The molecule has 1 aromatic carbocycles. The van der Waals surface area contributed by atoms with Crippen LogP contribution in [0.4, 0.5) is 0 Å². The van der Waals surface area contributed by atoms with Crippen LogP contribution >= 0.6 is 11.6 Å². The Morgan fingerprint density at radius 1 is 1.20 bits per heavy atom. The van der Waals surface area contributed by atoms with Gasteiger partial charge < -0.3 is 9.88 Å².